The second-order valence-electron chi connectivity index (χ2n) is 8.80. The van der Waals surface area contributed by atoms with E-state index in [0.29, 0.717) is 11.0 Å². The Balaban J connectivity index is 2.21. The number of hydrogen-bond donors (Lipinski definition) is 0. The zero-order valence-electron chi connectivity index (χ0n) is 16.9. The van der Waals surface area contributed by atoms with Gasteiger partial charge in [-0.1, -0.05) is 18.2 Å². The molecule has 1 aliphatic rings. The van der Waals surface area contributed by atoms with Crippen LogP contribution in [-0.4, -0.2) is 34.6 Å². The molecule has 142 valence electrons. The van der Waals surface area contributed by atoms with E-state index >= 15 is 0 Å². The van der Waals surface area contributed by atoms with Gasteiger partial charge in [0.25, 0.3) is 0 Å². The lowest BCUT2D eigenvalue weighted by molar-refractivity contribution is 0.00578. The Kier molecular flexibility index (Phi) is 4.41. The minimum Gasteiger partial charge on any atom is -0.443 e. The van der Waals surface area contributed by atoms with E-state index in [9.17, 15) is 10.1 Å². The van der Waals surface area contributed by atoms with Crippen LogP contribution < -0.4 is 5.46 Å². The first-order valence-corrected chi connectivity index (χ1v) is 9.00. The van der Waals surface area contributed by atoms with E-state index in [4.69, 9.17) is 14.0 Å². The highest BCUT2D eigenvalue weighted by Gasteiger charge is 2.53. The van der Waals surface area contributed by atoms with Crippen molar-refractivity contribution in [2.45, 2.75) is 65.3 Å². The molecule has 1 aromatic heterocycles. The molecule has 27 heavy (non-hydrogen) atoms. The number of ether oxygens (including phenoxy) is 1. The zero-order chi connectivity index (χ0) is 20.2. The molecule has 0 atom stereocenters. The fourth-order valence-corrected chi connectivity index (χ4v) is 3.07. The van der Waals surface area contributed by atoms with Crippen LogP contribution in [0.2, 0.25) is 0 Å². The van der Waals surface area contributed by atoms with Gasteiger partial charge in [-0.05, 0) is 54.5 Å². The predicted octanol–water partition coefficient (Wildman–Crippen LogP) is 3.60. The summed E-state index contributed by atoms with van der Waals surface area (Å²) >= 11 is 0. The molecule has 7 heteroatoms. The van der Waals surface area contributed by atoms with Crippen LogP contribution in [0.4, 0.5) is 4.79 Å². The molecule has 0 aliphatic carbocycles. The molecular weight excluding hydrogens is 343 g/mol. The summed E-state index contributed by atoms with van der Waals surface area (Å²) in [5, 5.41) is 10.6. The third kappa shape index (κ3) is 3.24. The lowest BCUT2D eigenvalue weighted by atomic mass is 9.77. The Labute approximate surface area is 160 Å². The lowest BCUT2D eigenvalue weighted by Gasteiger charge is -2.32. The topological polar surface area (TPSA) is 73.5 Å². The molecule has 0 radical (unpaired) electrons. The van der Waals surface area contributed by atoms with Crippen molar-refractivity contribution in [3.63, 3.8) is 0 Å². The van der Waals surface area contributed by atoms with Gasteiger partial charge in [0.05, 0.1) is 16.7 Å². The summed E-state index contributed by atoms with van der Waals surface area (Å²) in [6.45, 7) is 13.2. The standard InChI is InChI=1S/C20H25BN2O4/c1-18(2,3)25-17(24)23-14-11-9-8-10-13(14)16(15(23)12-22)21-26-19(4,5)20(6,7)27-21/h8-11H,1-7H3. The molecule has 1 saturated heterocycles. The fourth-order valence-electron chi connectivity index (χ4n) is 3.07. The largest absolute Gasteiger partial charge is 0.498 e. The molecule has 1 fully saturated rings. The first kappa shape index (κ1) is 19.5. The highest BCUT2D eigenvalue weighted by Crippen LogP contribution is 2.37. The molecule has 1 aromatic carbocycles. The van der Waals surface area contributed by atoms with Gasteiger partial charge in [-0.15, -0.1) is 0 Å². The summed E-state index contributed by atoms with van der Waals surface area (Å²) in [6, 6.07) is 9.48. The molecule has 1 aliphatic heterocycles. The Morgan fingerprint density at radius 3 is 2.22 bits per heavy atom. The number of benzene rings is 1. The van der Waals surface area contributed by atoms with Crippen molar-refractivity contribution in [2.24, 2.45) is 0 Å². The molecular formula is C20H25BN2O4. The van der Waals surface area contributed by atoms with Crippen LogP contribution in [0.3, 0.4) is 0 Å². The van der Waals surface area contributed by atoms with Crippen LogP contribution in [0.25, 0.3) is 10.9 Å². The summed E-state index contributed by atoms with van der Waals surface area (Å²) < 4.78 is 19.1. The van der Waals surface area contributed by atoms with E-state index in [2.05, 4.69) is 6.07 Å². The van der Waals surface area contributed by atoms with Crippen molar-refractivity contribution >= 4 is 29.6 Å². The van der Waals surface area contributed by atoms with Gasteiger partial charge >= 0.3 is 13.2 Å². The predicted molar refractivity (Wildman–Crippen MR) is 104 cm³/mol. The smallest absolute Gasteiger partial charge is 0.443 e. The minimum atomic E-state index is -0.752. The number of hydrogen-bond acceptors (Lipinski definition) is 5. The van der Waals surface area contributed by atoms with Crippen molar-refractivity contribution in [2.75, 3.05) is 0 Å². The van der Waals surface area contributed by atoms with Crippen LogP contribution in [0.5, 0.6) is 0 Å². The number of carbonyl (C=O) groups is 1. The first-order chi connectivity index (χ1) is 12.4. The van der Waals surface area contributed by atoms with Crippen LogP contribution in [0, 0.1) is 11.3 Å². The van der Waals surface area contributed by atoms with E-state index in [1.807, 2.05) is 45.9 Å². The molecule has 6 nitrogen and oxygen atoms in total. The van der Waals surface area contributed by atoms with E-state index in [0.717, 1.165) is 5.39 Å². The van der Waals surface area contributed by atoms with Gasteiger partial charge in [0.1, 0.15) is 17.4 Å². The lowest BCUT2D eigenvalue weighted by Crippen LogP contribution is -2.41. The summed E-state index contributed by atoms with van der Waals surface area (Å²) in [5.41, 5.74) is -0.479. The minimum absolute atomic E-state index is 0.170. The zero-order valence-corrected chi connectivity index (χ0v) is 16.9. The highest BCUT2D eigenvalue weighted by atomic mass is 16.7. The summed E-state index contributed by atoms with van der Waals surface area (Å²) in [6.07, 6.45) is -0.599. The molecule has 0 amide bonds. The number of nitriles is 1. The van der Waals surface area contributed by atoms with Crippen LogP contribution in [0.15, 0.2) is 24.3 Å². The highest BCUT2D eigenvalue weighted by molar-refractivity contribution is 6.66. The normalized spacial score (nSPS) is 18.5. The SMILES string of the molecule is CC(C)(C)OC(=O)n1c(C#N)c(B2OC(C)(C)C(C)(C)O2)c2ccccc21. The van der Waals surface area contributed by atoms with Crippen molar-refractivity contribution in [3.8, 4) is 6.07 Å². The number of para-hydroxylation sites is 1. The van der Waals surface area contributed by atoms with Gasteiger partial charge in [0, 0.05) is 10.8 Å². The van der Waals surface area contributed by atoms with Gasteiger partial charge < -0.3 is 14.0 Å². The maximum atomic E-state index is 12.8. The number of aromatic nitrogens is 1. The fraction of sp³-hybridized carbons (Fsp3) is 0.500. The molecule has 2 heterocycles. The maximum absolute atomic E-state index is 12.8. The van der Waals surface area contributed by atoms with Gasteiger partial charge in [-0.2, -0.15) is 5.26 Å². The molecule has 0 saturated carbocycles. The Hall–Kier alpha value is -2.30. The first-order valence-electron chi connectivity index (χ1n) is 9.00. The van der Waals surface area contributed by atoms with Gasteiger partial charge in [-0.25, -0.2) is 9.36 Å². The summed E-state index contributed by atoms with van der Waals surface area (Å²) in [5.74, 6) is 0. The van der Waals surface area contributed by atoms with E-state index < -0.39 is 30.0 Å². The number of rotatable bonds is 1. The molecule has 0 spiro atoms. The Morgan fingerprint density at radius 2 is 1.70 bits per heavy atom. The van der Waals surface area contributed by atoms with Gasteiger partial charge in [0.15, 0.2) is 0 Å². The molecule has 2 aromatic rings. The van der Waals surface area contributed by atoms with Crippen molar-refractivity contribution < 1.29 is 18.8 Å². The van der Waals surface area contributed by atoms with Crippen LogP contribution in [-0.2, 0) is 14.0 Å². The average Bonchev–Trinajstić information content (AvgIpc) is 2.96. The average molecular weight is 368 g/mol. The maximum Gasteiger partial charge on any atom is 0.498 e. The summed E-state index contributed by atoms with van der Waals surface area (Å²) in [7, 11) is -0.752. The molecule has 3 rings (SSSR count). The van der Waals surface area contributed by atoms with Crippen LogP contribution >= 0.6 is 0 Å². The van der Waals surface area contributed by atoms with E-state index in [-0.39, 0.29) is 5.69 Å². The third-order valence-electron chi connectivity index (χ3n) is 5.08. The Bertz CT molecular complexity index is 931. The van der Waals surface area contributed by atoms with E-state index in [1.165, 1.54) is 4.57 Å². The number of nitrogens with zero attached hydrogens (tertiary/aromatic N) is 2. The van der Waals surface area contributed by atoms with Gasteiger partial charge in [-0.3, -0.25) is 0 Å². The molecule has 0 N–H and O–H groups in total. The van der Waals surface area contributed by atoms with Crippen LogP contribution in [0.1, 0.15) is 54.2 Å². The second kappa shape index (κ2) is 6.11. The number of fused-ring (bicyclic) bond motifs is 1. The van der Waals surface area contributed by atoms with E-state index in [1.54, 1.807) is 26.8 Å². The quantitative estimate of drug-likeness (QED) is 0.719. The number of carbonyl (C=O) groups excluding carboxylic acids is 1. The third-order valence-corrected chi connectivity index (χ3v) is 5.08. The Morgan fingerprint density at radius 1 is 1.15 bits per heavy atom. The van der Waals surface area contributed by atoms with Crippen molar-refractivity contribution in [1.29, 1.82) is 5.26 Å². The van der Waals surface area contributed by atoms with Gasteiger partial charge in [0.2, 0.25) is 0 Å². The molecule has 0 bridgehead atoms. The second-order valence-corrected chi connectivity index (χ2v) is 8.80. The van der Waals surface area contributed by atoms with Crippen molar-refractivity contribution in [3.05, 3.63) is 30.0 Å². The van der Waals surface area contributed by atoms with Crippen molar-refractivity contribution in [1.82, 2.24) is 4.57 Å². The molecule has 0 unspecified atom stereocenters. The monoisotopic (exact) mass is 368 g/mol. The summed E-state index contributed by atoms with van der Waals surface area (Å²) in [4.78, 5) is 12.8.